The van der Waals surface area contributed by atoms with Crippen LogP contribution in [0.3, 0.4) is 0 Å². The zero-order valence-electron chi connectivity index (χ0n) is 10.8. The van der Waals surface area contributed by atoms with Crippen molar-refractivity contribution in [1.29, 1.82) is 0 Å². The first-order valence-electron chi connectivity index (χ1n) is 6.31. The number of nitrogens with zero attached hydrogens (tertiary/aromatic N) is 2. The number of hydrogen-bond donors (Lipinski definition) is 1. The maximum Gasteiger partial charge on any atom is 0.227 e. The number of ether oxygens (including phenoxy) is 1. The van der Waals surface area contributed by atoms with Gasteiger partial charge in [0.1, 0.15) is 5.82 Å². The second-order valence-electron chi connectivity index (χ2n) is 4.72. The van der Waals surface area contributed by atoms with Crippen LogP contribution in [-0.4, -0.2) is 29.1 Å². The summed E-state index contributed by atoms with van der Waals surface area (Å²) in [7, 11) is 1.73. The lowest BCUT2D eigenvalue weighted by molar-refractivity contribution is -0.121. The van der Waals surface area contributed by atoms with E-state index in [-0.39, 0.29) is 11.8 Å². The molecule has 0 unspecified atom stereocenters. The number of rotatable bonds is 3. The van der Waals surface area contributed by atoms with E-state index in [9.17, 15) is 4.79 Å². The first kappa shape index (κ1) is 13.0. The van der Waals surface area contributed by atoms with E-state index in [2.05, 4.69) is 15.3 Å². The second-order valence-corrected chi connectivity index (χ2v) is 4.72. The first-order chi connectivity index (χ1) is 8.69. The molecule has 1 N–H and O–H groups in total. The summed E-state index contributed by atoms with van der Waals surface area (Å²) in [5.41, 5.74) is 0.666. The lowest BCUT2D eigenvalue weighted by Gasteiger charge is -2.26. The summed E-state index contributed by atoms with van der Waals surface area (Å²) in [6, 6.07) is 0. The predicted molar refractivity (Wildman–Crippen MR) is 68.2 cm³/mol. The molecule has 1 heterocycles. The van der Waals surface area contributed by atoms with Gasteiger partial charge in [0, 0.05) is 13.0 Å². The van der Waals surface area contributed by atoms with E-state index >= 15 is 0 Å². The number of methoxy groups -OCH3 is 1. The van der Waals surface area contributed by atoms with Gasteiger partial charge in [0.25, 0.3) is 0 Å². The van der Waals surface area contributed by atoms with Gasteiger partial charge in [0.2, 0.25) is 5.91 Å². The number of hydrogen-bond acceptors (Lipinski definition) is 4. The SMILES string of the molecule is COC1CCC(C(=O)Nc2cnc(C)nc2)CC1. The fourth-order valence-corrected chi connectivity index (χ4v) is 2.26. The van der Waals surface area contributed by atoms with Gasteiger partial charge in [-0.25, -0.2) is 9.97 Å². The molecule has 0 spiro atoms. The van der Waals surface area contributed by atoms with Crippen molar-refractivity contribution >= 4 is 11.6 Å². The van der Waals surface area contributed by atoms with Gasteiger partial charge < -0.3 is 10.1 Å². The highest BCUT2D eigenvalue weighted by molar-refractivity contribution is 5.92. The Morgan fingerprint density at radius 2 is 1.89 bits per heavy atom. The van der Waals surface area contributed by atoms with Crippen LogP contribution in [0.15, 0.2) is 12.4 Å². The van der Waals surface area contributed by atoms with E-state index in [0.717, 1.165) is 25.7 Å². The number of nitrogens with one attached hydrogen (secondary N) is 1. The van der Waals surface area contributed by atoms with Crippen molar-refractivity contribution in [1.82, 2.24) is 9.97 Å². The van der Waals surface area contributed by atoms with Crippen LogP contribution in [0.1, 0.15) is 31.5 Å². The minimum Gasteiger partial charge on any atom is -0.381 e. The zero-order valence-corrected chi connectivity index (χ0v) is 10.8. The van der Waals surface area contributed by atoms with Crippen molar-refractivity contribution in [3.63, 3.8) is 0 Å². The maximum atomic E-state index is 12.0. The number of amides is 1. The molecule has 0 radical (unpaired) electrons. The summed E-state index contributed by atoms with van der Waals surface area (Å²) in [6.07, 6.45) is 7.28. The Balaban J connectivity index is 1.87. The number of aromatic nitrogens is 2. The van der Waals surface area contributed by atoms with Crippen molar-refractivity contribution in [2.24, 2.45) is 5.92 Å². The Kier molecular flexibility index (Phi) is 4.25. The highest BCUT2D eigenvalue weighted by atomic mass is 16.5. The molecule has 0 bridgehead atoms. The van der Waals surface area contributed by atoms with E-state index in [0.29, 0.717) is 17.6 Å². The Morgan fingerprint density at radius 1 is 1.28 bits per heavy atom. The molecule has 1 amide bonds. The molecule has 0 aromatic carbocycles. The molecule has 0 saturated heterocycles. The largest absolute Gasteiger partial charge is 0.381 e. The second kappa shape index (κ2) is 5.91. The van der Waals surface area contributed by atoms with E-state index in [1.54, 1.807) is 19.5 Å². The third-order valence-electron chi connectivity index (χ3n) is 3.43. The minimum atomic E-state index is 0.0667. The summed E-state index contributed by atoms with van der Waals surface area (Å²) in [5.74, 6) is 0.850. The monoisotopic (exact) mass is 249 g/mol. The van der Waals surface area contributed by atoms with Gasteiger partial charge >= 0.3 is 0 Å². The van der Waals surface area contributed by atoms with Crippen LogP contribution in [0, 0.1) is 12.8 Å². The molecule has 0 aliphatic heterocycles. The van der Waals surface area contributed by atoms with Gasteiger partial charge in [-0.3, -0.25) is 4.79 Å². The molecule has 5 nitrogen and oxygen atoms in total. The normalized spacial score (nSPS) is 23.7. The van der Waals surface area contributed by atoms with Gasteiger partial charge in [-0.05, 0) is 32.6 Å². The van der Waals surface area contributed by atoms with Crippen LogP contribution < -0.4 is 5.32 Å². The lowest BCUT2D eigenvalue weighted by atomic mass is 9.87. The van der Waals surface area contributed by atoms with Gasteiger partial charge in [-0.1, -0.05) is 0 Å². The molecule has 98 valence electrons. The molecule has 0 atom stereocenters. The molecule has 2 rings (SSSR count). The molecule has 1 aromatic rings. The highest BCUT2D eigenvalue weighted by Gasteiger charge is 2.26. The third-order valence-corrected chi connectivity index (χ3v) is 3.43. The highest BCUT2D eigenvalue weighted by Crippen LogP contribution is 2.26. The minimum absolute atomic E-state index is 0.0667. The van der Waals surface area contributed by atoms with E-state index in [4.69, 9.17) is 4.74 Å². The first-order valence-corrected chi connectivity index (χ1v) is 6.31. The van der Waals surface area contributed by atoms with Crippen LogP contribution in [0.2, 0.25) is 0 Å². The Labute approximate surface area is 107 Å². The fourth-order valence-electron chi connectivity index (χ4n) is 2.26. The van der Waals surface area contributed by atoms with Crippen molar-refractivity contribution in [2.75, 3.05) is 12.4 Å². The van der Waals surface area contributed by atoms with Crippen molar-refractivity contribution in [3.8, 4) is 0 Å². The molecular formula is C13H19N3O2. The average molecular weight is 249 g/mol. The Bertz CT molecular complexity index is 397. The number of anilines is 1. The van der Waals surface area contributed by atoms with Crippen molar-refractivity contribution in [3.05, 3.63) is 18.2 Å². The third kappa shape index (κ3) is 3.26. The molecule has 18 heavy (non-hydrogen) atoms. The summed E-state index contributed by atoms with van der Waals surface area (Å²) < 4.78 is 5.30. The molecular weight excluding hydrogens is 230 g/mol. The van der Waals surface area contributed by atoms with Crippen LogP contribution >= 0.6 is 0 Å². The van der Waals surface area contributed by atoms with Gasteiger partial charge in [0.05, 0.1) is 24.2 Å². The van der Waals surface area contributed by atoms with Crippen LogP contribution in [0.4, 0.5) is 5.69 Å². The summed E-state index contributed by atoms with van der Waals surface area (Å²) in [6.45, 7) is 1.82. The van der Waals surface area contributed by atoms with Crippen LogP contribution in [-0.2, 0) is 9.53 Å². The Hall–Kier alpha value is -1.49. The molecule has 1 saturated carbocycles. The topological polar surface area (TPSA) is 64.1 Å². The van der Waals surface area contributed by atoms with E-state index in [1.165, 1.54) is 0 Å². The van der Waals surface area contributed by atoms with Crippen LogP contribution in [0.5, 0.6) is 0 Å². The number of aryl methyl sites for hydroxylation is 1. The molecule has 1 aliphatic rings. The maximum absolute atomic E-state index is 12.0. The average Bonchev–Trinajstić information content (AvgIpc) is 2.41. The number of carbonyl (C=O) groups is 1. The molecule has 5 heteroatoms. The summed E-state index contributed by atoms with van der Waals surface area (Å²) >= 11 is 0. The zero-order chi connectivity index (χ0) is 13.0. The molecule has 1 aliphatic carbocycles. The number of carbonyl (C=O) groups excluding carboxylic acids is 1. The predicted octanol–water partition coefficient (Wildman–Crippen LogP) is 1.93. The van der Waals surface area contributed by atoms with E-state index in [1.807, 2.05) is 6.92 Å². The van der Waals surface area contributed by atoms with Crippen LogP contribution in [0.25, 0.3) is 0 Å². The quantitative estimate of drug-likeness (QED) is 0.889. The van der Waals surface area contributed by atoms with Gasteiger partial charge in [-0.2, -0.15) is 0 Å². The Morgan fingerprint density at radius 3 is 2.44 bits per heavy atom. The van der Waals surface area contributed by atoms with Gasteiger partial charge in [0.15, 0.2) is 0 Å². The standard InChI is InChI=1S/C13H19N3O2/c1-9-14-7-11(8-15-9)16-13(17)10-3-5-12(18-2)6-4-10/h7-8,10,12H,3-6H2,1-2H3,(H,16,17). The van der Waals surface area contributed by atoms with Gasteiger partial charge in [-0.15, -0.1) is 0 Å². The molecule has 1 fully saturated rings. The van der Waals surface area contributed by atoms with Crippen molar-refractivity contribution < 1.29 is 9.53 Å². The van der Waals surface area contributed by atoms with Crippen molar-refractivity contribution in [2.45, 2.75) is 38.7 Å². The van der Waals surface area contributed by atoms with E-state index < -0.39 is 0 Å². The molecule has 1 aromatic heterocycles. The smallest absolute Gasteiger partial charge is 0.227 e. The summed E-state index contributed by atoms with van der Waals surface area (Å²) in [5, 5.41) is 2.87. The fraction of sp³-hybridized carbons (Fsp3) is 0.615. The summed E-state index contributed by atoms with van der Waals surface area (Å²) in [4.78, 5) is 20.2. The lowest BCUT2D eigenvalue weighted by Crippen LogP contribution is -2.29.